The van der Waals surface area contributed by atoms with Crippen LogP contribution in [0.15, 0.2) is 54.6 Å². The second-order valence-corrected chi connectivity index (χ2v) is 11.0. The highest BCUT2D eigenvalue weighted by molar-refractivity contribution is 6.30. The van der Waals surface area contributed by atoms with Crippen LogP contribution in [0.2, 0.25) is 5.02 Å². The monoisotopic (exact) mass is 596 g/mol. The van der Waals surface area contributed by atoms with Crippen molar-refractivity contribution in [1.29, 1.82) is 0 Å². The Balaban J connectivity index is 0.000000518. The van der Waals surface area contributed by atoms with Gasteiger partial charge in [-0.15, -0.1) is 0 Å². The number of benzene rings is 3. The Labute approximate surface area is 253 Å². The average Bonchev–Trinajstić information content (AvgIpc) is 2.94. The minimum Gasteiger partial charge on any atom is -0.478 e. The Morgan fingerprint density at radius 3 is 2.02 bits per heavy atom. The van der Waals surface area contributed by atoms with Gasteiger partial charge in [0.25, 0.3) is 0 Å². The maximum absolute atomic E-state index is 12.5. The number of carboxylic acids is 2. The second kappa shape index (κ2) is 16.6. The molecule has 7 nitrogen and oxygen atoms in total. The maximum atomic E-state index is 12.5. The fourth-order valence-corrected chi connectivity index (χ4v) is 4.43. The number of aromatic carboxylic acids is 2. The van der Waals surface area contributed by atoms with Gasteiger partial charge < -0.3 is 19.7 Å². The minimum atomic E-state index is -1.06. The van der Waals surface area contributed by atoms with E-state index in [4.69, 9.17) is 26.2 Å². The van der Waals surface area contributed by atoms with Gasteiger partial charge in [-0.1, -0.05) is 90.3 Å². The van der Waals surface area contributed by atoms with Crippen molar-refractivity contribution in [2.24, 2.45) is 0 Å². The summed E-state index contributed by atoms with van der Waals surface area (Å²) in [6, 6.07) is 15.5. The molecule has 0 aliphatic heterocycles. The standard InChI is InChI=1S/C27H36O5.C7H5ClO2/c1-7-9-15-31-27(30)32-25-19(10-8-2)11-14-22(26(28)29)24(25)21-13-12-20(17(3)4)16-23(21)18(5)6;8-6-3-1-5(2-4-6)7(9)10/h11-14,16-18H,7-10,15H2,1-6H3,(H,28,29);1-4H,(H,9,10). The molecule has 8 heteroatoms. The predicted octanol–water partition coefficient (Wildman–Crippen LogP) is 9.60. The van der Waals surface area contributed by atoms with Gasteiger partial charge in [-0.3, -0.25) is 0 Å². The van der Waals surface area contributed by atoms with Crippen LogP contribution in [-0.4, -0.2) is 34.9 Å². The number of carboxylic acid groups (broad SMARTS) is 2. The molecule has 0 amide bonds. The first kappa shape index (κ1) is 34.4. The van der Waals surface area contributed by atoms with Crippen LogP contribution in [0, 0.1) is 0 Å². The lowest BCUT2D eigenvalue weighted by atomic mass is 9.85. The molecule has 0 unspecified atom stereocenters. The second-order valence-electron chi connectivity index (χ2n) is 10.6. The Kier molecular flexibility index (Phi) is 13.6. The Hall–Kier alpha value is -3.84. The number of hydrogen-bond donors (Lipinski definition) is 2. The molecule has 0 atom stereocenters. The van der Waals surface area contributed by atoms with Crippen LogP contribution in [0.3, 0.4) is 0 Å². The molecule has 0 radical (unpaired) electrons. The largest absolute Gasteiger partial charge is 0.513 e. The van der Waals surface area contributed by atoms with Crippen LogP contribution in [0.4, 0.5) is 4.79 Å². The van der Waals surface area contributed by atoms with E-state index in [-0.39, 0.29) is 29.4 Å². The number of halogens is 1. The molecule has 0 bridgehead atoms. The first-order valence-corrected chi connectivity index (χ1v) is 14.7. The van der Waals surface area contributed by atoms with Gasteiger partial charge in [0.15, 0.2) is 0 Å². The van der Waals surface area contributed by atoms with Crippen LogP contribution < -0.4 is 4.74 Å². The number of rotatable bonds is 11. The predicted molar refractivity (Wildman–Crippen MR) is 166 cm³/mol. The summed E-state index contributed by atoms with van der Waals surface area (Å²) in [4.78, 5) is 34.9. The molecule has 0 aliphatic rings. The van der Waals surface area contributed by atoms with E-state index in [1.54, 1.807) is 24.3 Å². The topological polar surface area (TPSA) is 110 Å². The number of carbonyl (C=O) groups is 3. The molecule has 42 heavy (non-hydrogen) atoms. The molecular weight excluding hydrogens is 556 g/mol. The summed E-state index contributed by atoms with van der Waals surface area (Å²) in [5, 5.41) is 19.0. The van der Waals surface area contributed by atoms with E-state index >= 15 is 0 Å². The molecule has 0 fully saturated rings. The van der Waals surface area contributed by atoms with Crippen molar-refractivity contribution in [3.8, 4) is 16.9 Å². The summed E-state index contributed by atoms with van der Waals surface area (Å²) >= 11 is 5.52. The zero-order chi connectivity index (χ0) is 31.4. The third-order valence-corrected chi connectivity index (χ3v) is 6.87. The van der Waals surface area contributed by atoms with Crippen LogP contribution in [0.1, 0.15) is 110 Å². The van der Waals surface area contributed by atoms with E-state index in [2.05, 4.69) is 33.8 Å². The van der Waals surface area contributed by atoms with Gasteiger partial charge in [0, 0.05) is 10.6 Å². The van der Waals surface area contributed by atoms with Gasteiger partial charge >= 0.3 is 18.1 Å². The van der Waals surface area contributed by atoms with E-state index in [9.17, 15) is 19.5 Å². The number of aryl methyl sites for hydroxylation is 1. The zero-order valence-electron chi connectivity index (χ0n) is 25.2. The quantitative estimate of drug-likeness (QED) is 0.129. The number of carbonyl (C=O) groups excluding carboxylic acids is 1. The fourth-order valence-electron chi connectivity index (χ4n) is 4.30. The lowest BCUT2D eigenvalue weighted by molar-refractivity contribution is 0.0686. The van der Waals surface area contributed by atoms with Crippen molar-refractivity contribution >= 4 is 29.7 Å². The molecular formula is C34H41ClO7. The highest BCUT2D eigenvalue weighted by Gasteiger charge is 2.25. The molecule has 0 saturated carbocycles. The molecule has 3 aromatic carbocycles. The Bertz CT molecular complexity index is 1360. The summed E-state index contributed by atoms with van der Waals surface area (Å²) in [6.45, 7) is 12.7. The average molecular weight is 597 g/mol. The van der Waals surface area contributed by atoms with Gasteiger partial charge in [0.05, 0.1) is 17.7 Å². The molecule has 0 aliphatic carbocycles. The highest BCUT2D eigenvalue weighted by Crippen LogP contribution is 2.42. The minimum absolute atomic E-state index is 0.111. The third kappa shape index (κ3) is 9.62. The van der Waals surface area contributed by atoms with Crippen molar-refractivity contribution in [2.45, 2.75) is 79.1 Å². The summed E-state index contributed by atoms with van der Waals surface area (Å²) < 4.78 is 10.9. The smallest absolute Gasteiger partial charge is 0.478 e. The van der Waals surface area contributed by atoms with Gasteiger partial charge in [-0.05, 0) is 77.3 Å². The van der Waals surface area contributed by atoms with Crippen molar-refractivity contribution in [3.05, 3.63) is 87.4 Å². The van der Waals surface area contributed by atoms with Crippen molar-refractivity contribution in [2.75, 3.05) is 6.61 Å². The lowest BCUT2D eigenvalue weighted by Crippen LogP contribution is -2.15. The van der Waals surface area contributed by atoms with Crippen LogP contribution in [0.5, 0.6) is 5.75 Å². The summed E-state index contributed by atoms with van der Waals surface area (Å²) in [5.74, 6) is -1.21. The van der Waals surface area contributed by atoms with Gasteiger partial charge in [-0.25, -0.2) is 14.4 Å². The van der Waals surface area contributed by atoms with Crippen molar-refractivity contribution < 1.29 is 34.1 Å². The number of unbranched alkanes of at least 4 members (excludes halogenated alkanes) is 1. The molecule has 0 saturated heterocycles. The van der Waals surface area contributed by atoms with E-state index in [1.165, 1.54) is 17.7 Å². The van der Waals surface area contributed by atoms with Crippen molar-refractivity contribution in [1.82, 2.24) is 0 Å². The van der Waals surface area contributed by atoms with Crippen LogP contribution in [0.25, 0.3) is 11.1 Å². The Morgan fingerprint density at radius 1 is 0.833 bits per heavy atom. The van der Waals surface area contributed by atoms with Gasteiger partial charge in [0.1, 0.15) is 5.75 Å². The molecule has 0 aromatic heterocycles. The van der Waals surface area contributed by atoms with Crippen LogP contribution in [-0.2, 0) is 11.2 Å². The molecule has 0 spiro atoms. The summed E-state index contributed by atoms with van der Waals surface area (Å²) in [6.07, 6.45) is 2.33. The molecule has 2 N–H and O–H groups in total. The SMILES string of the molecule is CCCCOC(=O)Oc1c(CCC)ccc(C(=O)O)c1-c1ccc(C(C)C)cc1C(C)C.O=C(O)c1ccc(Cl)cc1. The number of ether oxygens (including phenoxy) is 2. The fraction of sp³-hybridized carbons (Fsp3) is 0.382. The van der Waals surface area contributed by atoms with Crippen molar-refractivity contribution in [3.63, 3.8) is 0 Å². The van der Waals surface area contributed by atoms with Gasteiger partial charge in [-0.2, -0.15) is 0 Å². The summed E-state index contributed by atoms with van der Waals surface area (Å²) in [5.41, 5.74) is 4.58. The normalized spacial score (nSPS) is 10.7. The van der Waals surface area contributed by atoms with Crippen LogP contribution >= 0.6 is 11.6 Å². The highest BCUT2D eigenvalue weighted by atomic mass is 35.5. The zero-order valence-corrected chi connectivity index (χ0v) is 26.0. The first-order chi connectivity index (χ1) is 19.9. The molecule has 3 aromatic rings. The maximum Gasteiger partial charge on any atom is 0.513 e. The molecule has 226 valence electrons. The Morgan fingerprint density at radius 2 is 1.50 bits per heavy atom. The number of hydrogen-bond acceptors (Lipinski definition) is 5. The van der Waals surface area contributed by atoms with Gasteiger partial charge in [0.2, 0.25) is 0 Å². The lowest BCUT2D eigenvalue weighted by Gasteiger charge is -2.21. The van der Waals surface area contributed by atoms with E-state index < -0.39 is 18.1 Å². The molecule has 3 rings (SSSR count). The van der Waals surface area contributed by atoms with E-state index in [1.807, 2.05) is 26.0 Å². The first-order valence-electron chi connectivity index (χ1n) is 14.3. The van der Waals surface area contributed by atoms with E-state index in [0.29, 0.717) is 22.9 Å². The summed E-state index contributed by atoms with van der Waals surface area (Å²) in [7, 11) is 0. The van der Waals surface area contributed by atoms with E-state index in [0.717, 1.165) is 36.0 Å². The molecule has 0 heterocycles. The third-order valence-electron chi connectivity index (χ3n) is 6.62.